The van der Waals surface area contributed by atoms with Crippen LogP contribution >= 0.6 is 11.3 Å². The second-order valence-electron chi connectivity index (χ2n) is 4.20. The third-order valence-corrected chi connectivity index (χ3v) is 3.93. The highest BCUT2D eigenvalue weighted by Crippen LogP contribution is 2.26. The highest BCUT2D eigenvalue weighted by molar-refractivity contribution is 7.10. The number of hydrogen-bond donors (Lipinski definition) is 1. The highest BCUT2D eigenvalue weighted by atomic mass is 32.1. The van der Waals surface area contributed by atoms with Gasteiger partial charge in [0.1, 0.15) is 0 Å². The number of rotatable bonds is 3. The Hall–Kier alpha value is -1.28. The Morgan fingerprint density at radius 1 is 1.06 bits per heavy atom. The van der Waals surface area contributed by atoms with E-state index in [4.69, 9.17) is 0 Å². The van der Waals surface area contributed by atoms with Gasteiger partial charge < -0.3 is 5.32 Å². The lowest BCUT2D eigenvalue weighted by atomic mass is 10.1. The first kappa shape index (κ1) is 11.2. The van der Waals surface area contributed by atoms with Crippen LogP contribution in [0.2, 0.25) is 0 Å². The molecule has 1 atom stereocenters. The first-order valence-electron chi connectivity index (χ1n) is 5.54. The third kappa shape index (κ3) is 2.45. The van der Waals surface area contributed by atoms with Crippen molar-refractivity contribution in [3.05, 3.63) is 51.7 Å². The van der Waals surface area contributed by atoms with Gasteiger partial charge in [-0.1, -0.05) is 17.7 Å². The minimum absolute atomic E-state index is 0.378. The molecular formula is C14H17NS. The van der Waals surface area contributed by atoms with Crippen LogP contribution < -0.4 is 5.32 Å². The average Bonchev–Trinajstić information content (AvgIpc) is 2.68. The molecule has 2 heteroatoms. The quantitative estimate of drug-likeness (QED) is 0.818. The van der Waals surface area contributed by atoms with E-state index in [0.717, 1.165) is 0 Å². The van der Waals surface area contributed by atoms with Crippen LogP contribution in [-0.2, 0) is 0 Å². The van der Waals surface area contributed by atoms with E-state index < -0.39 is 0 Å². The fraction of sp³-hybridized carbons (Fsp3) is 0.286. The molecule has 0 saturated heterocycles. The van der Waals surface area contributed by atoms with Crippen LogP contribution in [0.5, 0.6) is 0 Å². The molecule has 84 valence electrons. The normalized spacial score (nSPS) is 12.4. The number of hydrogen-bond acceptors (Lipinski definition) is 2. The molecule has 0 aliphatic carbocycles. The number of thiophene rings is 1. The second-order valence-corrected chi connectivity index (χ2v) is 5.15. The number of aryl methyl sites for hydroxylation is 2. The molecule has 0 aliphatic rings. The Morgan fingerprint density at radius 3 is 2.31 bits per heavy atom. The smallest absolute Gasteiger partial charge is 0.0581 e. The van der Waals surface area contributed by atoms with E-state index in [1.165, 1.54) is 21.7 Å². The molecule has 2 aromatic rings. The number of benzene rings is 1. The van der Waals surface area contributed by atoms with Gasteiger partial charge in [-0.2, -0.15) is 0 Å². The highest BCUT2D eigenvalue weighted by Gasteiger charge is 2.09. The molecule has 1 unspecified atom stereocenters. The maximum Gasteiger partial charge on any atom is 0.0581 e. The first-order chi connectivity index (χ1) is 7.66. The predicted octanol–water partition coefficient (Wildman–Crippen LogP) is 4.54. The Morgan fingerprint density at radius 2 is 1.75 bits per heavy atom. The van der Waals surface area contributed by atoms with Crippen molar-refractivity contribution in [2.24, 2.45) is 0 Å². The zero-order valence-corrected chi connectivity index (χ0v) is 10.8. The topological polar surface area (TPSA) is 12.0 Å². The van der Waals surface area contributed by atoms with Gasteiger partial charge in [0.2, 0.25) is 0 Å². The average molecular weight is 231 g/mol. The first-order valence-corrected chi connectivity index (χ1v) is 6.42. The van der Waals surface area contributed by atoms with Gasteiger partial charge in [0.05, 0.1) is 6.04 Å². The lowest BCUT2D eigenvalue weighted by Gasteiger charge is -2.15. The molecule has 0 bridgehead atoms. The zero-order valence-electron chi connectivity index (χ0n) is 9.95. The standard InChI is InChI=1S/C14H17NS/c1-10-4-6-13(7-5-10)15-12(3)14-11(2)8-9-16-14/h4-9,12,15H,1-3H3. The lowest BCUT2D eigenvalue weighted by Crippen LogP contribution is -2.05. The van der Waals surface area contributed by atoms with Gasteiger partial charge in [-0.05, 0) is 49.9 Å². The molecule has 0 spiro atoms. The maximum absolute atomic E-state index is 3.52. The van der Waals surface area contributed by atoms with Crippen LogP contribution in [0.15, 0.2) is 35.7 Å². The SMILES string of the molecule is Cc1ccc(NC(C)c2sccc2C)cc1. The van der Waals surface area contributed by atoms with E-state index in [0.29, 0.717) is 6.04 Å². The van der Waals surface area contributed by atoms with Crippen molar-refractivity contribution in [2.45, 2.75) is 26.8 Å². The third-order valence-electron chi connectivity index (χ3n) is 2.73. The van der Waals surface area contributed by atoms with Gasteiger partial charge >= 0.3 is 0 Å². The summed E-state index contributed by atoms with van der Waals surface area (Å²) < 4.78 is 0. The molecule has 2 rings (SSSR count). The van der Waals surface area contributed by atoms with Crippen LogP contribution in [0.25, 0.3) is 0 Å². The Bertz CT molecular complexity index is 456. The van der Waals surface area contributed by atoms with Crippen molar-refractivity contribution in [3.63, 3.8) is 0 Å². The molecule has 1 aromatic carbocycles. The molecule has 1 aromatic heterocycles. The lowest BCUT2D eigenvalue weighted by molar-refractivity contribution is 0.899. The molecule has 1 N–H and O–H groups in total. The summed E-state index contributed by atoms with van der Waals surface area (Å²) in [6, 6.07) is 11.1. The minimum atomic E-state index is 0.378. The summed E-state index contributed by atoms with van der Waals surface area (Å²) in [7, 11) is 0. The summed E-state index contributed by atoms with van der Waals surface area (Å²) in [6.45, 7) is 6.48. The van der Waals surface area contributed by atoms with Gasteiger partial charge in [0, 0.05) is 10.6 Å². The summed E-state index contributed by atoms with van der Waals surface area (Å²) in [5.41, 5.74) is 3.86. The van der Waals surface area contributed by atoms with Crippen LogP contribution in [0.4, 0.5) is 5.69 Å². The molecule has 1 heterocycles. The second kappa shape index (κ2) is 4.71. The van der Waals surface area contributed by atoms with Gasteiger partial charge in [-0.3, -0.25) is 0 Å². The van der Waals surface area contributed by atoms with Crippen molar-refractivity contribution >= 4 is 17.0 Å². The summed E-state index contributed by atoms with van der Waals surface area (Å²) in [4.78, 5) is 1.42. The fourth-order valence-electron chi connectivity index (χ4n) is 1.79. The Balaban J connectivity index is 2.10. The summed E-state index contributed by atoms with van der Waals surface area (Å²) in [5, 5.41) is 5.67. The van der Waals surface area contributed by atoms with Crippen molar-refractivity contribution in [1.82, 2.24) is 0 Å². The molecule has 1 nitrogen and oxygen atoms in total. The molecule has 0 aliphatic heterocycles. The molecule has 16 heavy (non-hydrogen) atoms. The van der Waals surface area contributed by atoms with Crippen LogP contribution in [0, 0.1) is 13.8 Å². The maximum atomic E-state index is 3.52. The van der Waals surface area contributed by atoms with Gasteiger partial charge in [0.25, 0.3) is 0 Å². The molecule has 0 fully saturated rings. The van der Waals surface area contributed by atoms with E-state index >= 15 is 0 Å². The van der Waals surface area contributed by atoms with E-state index in [1.54, 1.807) is 0 Å². The Labute approximate surface area is 101 Å². The van der Waals surface area contributed by atoms with Crippen molar-refractivity contribution in [3.8, 4) is 0 Å². The van der Waals surface area contributed by atoms with Crippen LogP contribution in [0.1, 0.15) is 29.0 Å². The van der Waals surface area contributed by atoms with Crippen LogP contribution in [0.3, 0.4) is 0 Å². The van der Waals surface area contributed by atoms with Crippen LogP contribution in [-0.4, -0.2) is 0 Å². The van der Waals surface area contributed by atoms with E-state index in [9.17, 15) is 0 Å². The predicted molar refractivity (Wildman–Crippen MR) is 72.3 cm³/mol. The molecule has 0 amide bonds. The van der Waals surface area contributed by atoms with E-state index in [2.05, 4.69) is 61.8 Å². The monoisotopic (exact) mass is 231 g/mol. The van der Waals surface area contributed by atoms with Gasteiger partial charge in [0.15, 0.2) is 0 Å². The van der Waals surface area contributed by atoms with E-state index in [-0.39, 0.29) is 0 Å². The van der Waals surface area contributed by atoms with Crippen molar-refractivity contribution in [2.75, 3.05) is 5.32 Å². The van der Waals surface area contributed by atoms with Crippen molar-refractivity contribution < 1.29 is 0 Å². The zero-order chi connectivity index (χ0) is 11.5. The number of anilines is 1. The van der Waals surface area contributed by atoms with Gasteiger partial charge in [-0.25, -0.2) is 0 Å². The van der Waals surface area contributed by atoms with Gasteiger partial charge in [-0.15, -0.1) is 11.3 Å². The Kier molecular flexibility index (Phi) is 3.30. The molecule has 0 radical (unpaired) electrons. The number of nitrogens with one attached hydrogen (secondary N) is 1. The summed E-state index contributed by atoms with van der Waals surface area (Å²) in [5.74, 6) is 0. The molecule has 0 saturated carbocycles. The largest absolute Gasteiger partial charge is 0.378 e. The molecular weight excluding hydrogens is 214 g/mol. The summed E-state index contributed by atoms with van der Waals surface area (Å²) in [6.07, 6.45) is 0. The van der Waals surface area contributed by atoms with E-state index in [1.807, 2.05) is 11.3 Å². The van der Waals surface area contributed by atoms with Crippen molar-refractivity contribution in [1.29, 1.82) is 0 Å². The minimum Gasteiger partial charge on any atom is -0.378 e. The summed E-state index contributed by atoms with van der Waals surface area (Å²) >= 11 is 1.82. The fourth-order valence-corrected chi connectivity index (χ4v) is 2.73.